The molecule has 0 atom stereocenters. The topological polar surface area (TPSA) is 15.8 Å². The van der Waals surface area contributed by atoms with Gasteiger partial charge >= 0.3 is 0 Å². The third kappa shape index (κ3) is 3.54. The van der Waals surface area contributed by atoms with Crippen molar-refractivity contribution in [1.82, 2.24) is 4.98 Å². The van der Waals surface area contributed by atoms with Crippen molar-refractivity contribution in [2.75, 3.05) is 0 Å². The van der Waals surface area contributed by atoms with Crippen LogP contribution in [0.15, 0.2) is 43.5 Å². The van der Waals surface area contributed by atoms with Crippen molar-refractivity contribution in [1.29, 1.82) is 0 Å². The molecule has 3 rings (SSSR count). The molecule has 0 saturated carbocycles. The zero-order valence-corrected chi connectivity index (χ0v) is 16.8. The van der Waals surface area contributed by atoms with Gasteiger partial charge in [0.15, 0.2) is 0 Å². The molecule has 1 N–H and O–H groups in total. The number of nitrogens with one attached hydrogen (secondary N) is 1. The highest BCUT2D eigenvalue weighted by atomic mass is 35.5. The number of alkyl halides is 2. The number of H-pyrrole nitrogens is 1. The summed E-state index contributed by atoms with van der Waals surface area (Å²) in [5, 5.41) is 1.78. The number of rotatable bonds is 4. The molecule has 2 aromatic carbocycles. The molecule has 0 unspecified atom stereocenters. The van der Waals surface area contributed by atoms with Gasteiger partial charge in [-0.15, -0.1) is 0 Å². The van der Waals surface area contributed by atoms with Crippen molar-refractivity contribution in [2.45, 2.75) is 26.7 Å². The van der Waals surface area contributed by atoms with Crippen LogP contribution >= 0.6 is 23.2 Å². The lowest BCUT2D eigenvalue weighted by atomic mass is 9.98. The van der Waals surface area contributed by atoms with Gasteiger partial charge in [0.1, 0.15) is 0 Å². The second-order valence-electron chi connectivity index (χ2n) is 6.87. The van der Waals surface area contributed by atoms with Crippen LogP contribution < -0.4 is 0 Å². The number of aromatic nitrogens is 1. The van der Waals surface area contributed by atoms with Crippen molar-refractivity contribution in [2.24, 2.45) is 0 Å². The average molecular weight is 406 g/mol. The average Bonchev–Trinajstić information content (AvgIpc) is 2.98. The minimum atomic E-state index is -2.91. The van der Waals surface area contributed by atoms with Crippen LogP contribution in [-0.2, 0) is 5.92 Å². The molecule has 0 spiro atoms. The zero-order chi connectivity index (χ0) is 20.1. The molecule has 3 aromatic rings. The molecule has 0 aliphatic carbocycles. The van der Waals surface area contributed by atoms with Crippen LogP contribution in [-0.4, -0.2) is 4.98 Å². The number of aryl methyl sites for hydroxylation is 1. The molecule has 5 heteroatoms. The van der Waals surface area contributed by atoms with Crippen LogP contribution in [0.3, 0.4) is 0 Å². The molecule has 27 heavy (non-hydrogen) atoms. The SMILES string of the molecule is C=C(C)c1ccc(Cl)c(C(=C)c2cc3c(C)cc(C(C)(F)F)cc3[nH]2)c1Cl. The molecular weight excluding hydrogens is 387 g/mol. The first kappa shape index (κ1) is 19.7. The molecule has 0 aliphatic rings. The molecule has 0 amide bonds. The highest BCUT2D eigenvalue weighted by Gasteiger charge is 2.26. The van der Waals surface area contributed by atoms with Gasteiger partial charge in [-0.05, 0) is 54.8 Å². The Balaban J connectivity index is 2.17. The fourth-order valence-corrected chi connectivity index (χ4v) is 3.89. The smallest absolute Gasteiger partial charge is 0.270 e. The summed E-state index contributed by atoms with van der Waals surface area (Å²) in [4.78, 5) is 3.18. The summed E-state index contributed by atoms with van der Waals surface area (Å²) >= 11 is 12.9. The lowest BCUT2D eigenvalue weighted by Gasteiger charge is -2.13. The zero-order valence-electron chi connectivity index (χ0n) is 15.3. The Hall–Kier alpha value is -2.10. The van der Waals surface area contributed by atoms with Crippen LogP contribution in [0.2, 0.25) is 10.0 Å². The lowest BCUT2D eigenvalue weighted by molar-refractivity contribution is 0.0175. The van der Waals surface area contributed by atoms with Crippen molar-refractivity contribution >= 4 is 45.3 Å². The Bertz CT molecular complexity index is 1090. The van der Waals surface area contributed by atoms with Crippen molar-refractivity contribution in [3.05, 3.63) is 81.5 Å². The lowest BCUT2D eigenvalue weighted by Crippen LogP contribution is -2.07. The summed E-state index contributed by atoms with van der Waals surface area (Å²) in [6, 6.07) is 8.41. The quantitative estimate of drug-likeness (QED) is 0.452. The van der Waals surface area contributed by atoms with E-state index >= 15 is 0 Å². The number of benzene rings is 2. The van der Waals surface area contributed by atoms with E-state index in [9.17, 15) is 8.78 Å². The Morgan fingerprint density at radius 2 is 1.78 bits per heavy atom. The van der Waals surface area contributed by atoms with Gasteiger partial charge in [0, 0.05) is 45.2 Å². The Morgan fingerprint density at radius 3 is 2.37 bits per heavy atom. The predicted molar refractivity (Wildman–Crippen MR) is 112 cm³/mol. The standard InChI is InChI=1S/C22H19Cl2F2N/c1-11(2)15-6-7-17(23)20(21(15)24)13(4)18-10-16-12(3)8-14(22(5,25)26)9-19(16)27-18/h6-10,27H,1,4H2,2-3,5H3. The van der Waals surface area contributed by atoms with E-state index in [0.717, 1.165) is 29.0 Å². The van der Waals surface area contributed by atoms with Gasteiger partial charge in [-0.2, -0.15) is 0 Å². The summed E-state index contributed by atoms with van der Waals surface area (Å²) in [6.07, 6.45) is 0. The monoisotopic (exact) mass is 405 g/mol. The van der Waals surface area contributed by atoms with E-state index < -0.39 is 5.92 Å². The first-order chi connectivity index (χ1) is 12.5. The third-order valence-electron chi connectivity index (χ3n) is 4.63. The minimum Gasteiger partial charge on any atom is -0.355 e. The van der Waals surface area contributed by atoms with E-state index in [2.05, 4.69) is 18.1 Å². The fraction of sp³-hybridized carbons (Fsp3) is 0.182. The van der Waals surface area contributed by atoms with Crippen LogP contribution in [0.5, 0.6) is 0 Å². The molecule has 1 nitrogen and oxygen atoms in total. The van der Waals surface area contributed by atoms with E-state index in [4.69, 9.17) is 23.2 Å². The maximum atomic E-state index is 13.7. The highest BCUT2D eigenvalue weighted by molar-refractivity contribution is 6.39. The minimum absolute atomic E-state index is 0.0353. The summed E-state index contributed by atoms with van der Waals surface area (Å²) in [5.74, 6) is -2.91. The second-order valence-corrected chi connectivity index (χ2v) is 7.65. The van der Waals surface area contributed by atoms with Crippen LogP contribution in [0.25, 0.3) is 22.0 Å². The van der Waals surface area contributed by atoms with E-state index in [1.807, 2.05) is 19.1 Å². The van der Waals surface area contributed by atoms with E-state index in [1.165, 1.54) is 12.1 Å². The second kappa shape index (κ2) is 6.81. The largest absolute Gasteiger partial charge is 0.355 e. The number of fused-ring (bicyclic) bond motifs is 1. The Morgan fingerprint density at radius 1 is 1.11 bits per heavy atom. The summed E-state index contributed by atoms with van der Waals surface area (Å²) in [6.45, 7) is 12.6. The van der Waals surface area contributed by atoms with Crippen molar-refractivity contribution < 1.29 is 8.78 Å². The number of aromatic amines is 1. The number of halogens is 4. The van der Waals surface area contributed by atoms with E-state index in [0.29, 0.717) is 32.4 Å². The van der Waals surface area contributed by atoms with Crippen molar-refractivity contribution in [3.63, 3.8) is 0 Å². The maximum absolute atomic E-state index is 13.7. The molecule has 1 heterocycles. The summed E-state index contributed by atoms with van der Waals surface area (Å²) in [7, 11) is 0. The van der Waals surface area contributed by atoms with Gasteiger partial charge in [-0.1, -0.05) is 42.4 Å². The fourth-order valence-electron chi connectivity index (χ4n) is 3.13. The van der Waals surface area contributed by atoms with Gasteiger partial charge < -0.3 is 4.98 Å². The van der Waals surface area contributed by atoms with Gasteiger partial charge in [0.05, 0.1) is 5.02 Å². The van der Waals surface area contributed by atoms with Gasteiger partial charge in [-0.3, -0.25) is 0 Å². The summed E-state index contributed by atoms with van der Waals surface area (Å²) < 4.78 is 27.5. The van der Waals surface area contributed by atoms with E-state index in [1.54, 1.807) is 13.0 Å². The molecule has 0 aliphatic heterocycles. The number of allylic oxidation sites excluding steroid dienone is 1. The maximum Gasteiger partial charge on any atom is 0.270 e. The first-order valence-electron chi connectivity index (χ1n) is 8.36. The summed E-state index contributed by atoms with van der Waals surface area (Å²) in [5.41, 5.74) is 4.81. The highest BCUT2D eigenvalue weighted by Crippen LogP contribution is 2.39. The first-order valence-corrected chi connectivity index (χ1v) is 9.11. The van der Waals surface area contributed by atoms with Crippen LogP contribution in [0.4, 0.5) is 8.78 Å². The molecule has 0 bridgehead atoms. The van der Waals surface area contributed by atoms with Crippen LogP contribution in [0, 0.1) is 6.92 Å². The van der Waals surface area contributed by atoms with Gasteiger partial charge in [-0.25, -0.2) is 8.78 Å². The molecular formula is C22H19Cl2F2N. The van der Waals surface area contributed by atoms with Crippen molar-refractivity contribution in [3.8, 4) is 0 Å². The predicted octanol–water partition coefficient (Wildman–Crippen LogP) is 7.99. The molecule has 1 aromatic heterocycles. The molecule has 0 fully saturated rings. The Kier molecular flexibility index (Phi) is 4.96. The van der Waals surface area contributed by atoms with Gasteiger partial charge in [0.25, 0.3) is 5.92 Å². The normalized spacial score (nSPS) is 11.8. The Labute approximate surface area is 167 Å². The molecule has 0 radical (unpaired) electrons. The molecule has 0 saturated heterocycles. The van der Waals surface area contributed by atoms with E-state index in [-0.39, 0.29) is 5.56 Å². The number of hydrogen-bond acceptors (Lipinski definition) is 0. The van der Waals surface area contributed by atoms with Gasteiger partial charge in [0.2, 0.25) is 0 Å². The van der Waals surface area contributed by atoms with Crippen LogP contribution in [0.1, 0.15) is 41.8 Å². The third-order valence-corrected chi connectivity index (χ3v) is 5.34. The molecule has 140 valence electrons. The number of hydrogen-bond donors (Lipinski definition) is 1.